The van der Waals surface area contributed by atoms with Gasteiger partial charge in [0.1, 0.15) is 17.1 Å². The van der Waals surface area contributed by atoms with Crippen molar-refractivity contribution in [3.05, 3.63) is 56.8 Å². The predicted molar refractivity (Wildman–Crippen MR) is 84.0 cm³/mol. The van der Waals surface area contributed by atoms with Gasteiger partial charge in [-0.2, -0.15) is 4.98 Å². The Bertz CT molecular complexity index is 984. The van der Waals surface area contributed by atoms with E-state index >= 15 is 0 Å². The second-order valence-electron chi connectivity index (χ2n) is 4.77. The van der Waals surface area contributed by atoms with E-state index in [2.05, 4.69) is 23.1 Å². The number of thiazole rings is 1. The molecule has 120 valence electrons. The van der Waals surface area contributed by atoms with Gasteiger partial charge >= 0.3 is 4.87 Å². The number of fused-ring (bicyclic) bond motifs is 1. The van der Waals surface area contributed by atoms with Gasteiger partial charge in [-0.25, -0.2) is 4.57 Å². The van der Waals surface area contributed by atoms with Crippen molar-refractivity contribution in [3.63, 3.8) is 0 Å². The average molecular weight is 336 g/mol. The quantitative estimate of drug-likeness (QED) is 0.443. The van der Waals surface area contributed by atoms with Crippen molar-refractivity contribution in [3.8, 4) is 0 Å². The lowest BCUT2D eigenvalue weighted by atomic mass is 10.0. The minimum atomic E-state index is -1.70. The summed E-state index contributed by atoms with van der Waals surface area (Å²) in [4.78, 5) is 30.0. The molecule has 23 heavy (non-hydrogen) atoms. The molecule has 0 bridgehead atoms. The maximum absolute atomic E-state index is 12.4. The molecule has 1 aliphatic heterocycles. The first-order valence-electron chi connectivity index (χ1n) is 6.31. The topological polar surface area (TPSA) is 143 Å². The minimum absolute atomic E-state index is 0.0336. The molecule has 1 saturated heterocycles. The number of nitrogens with one attached hydrogen (secondary N) is 1. The highest BCUT2D eigenvalue weighted by molar-refractivity contribution is 7.16. The third-order valence-corrected chi connectivity index (χ3v) is 4.46. The number of hydrogen-bond donors (Lipinski definition) is 4. The highest BCUT2D eigenvalue weighted by Crippen LogP contribution is 2.42. The lowest BCUT2D eigenvalue weighted by Crippen LogP contribution is -2.38. The van der Waals surface area contributed by atoms with Crippen LogP contribution in [0, 0.1) is 0 Å². The normalized spacial score (nSPS) is 25.9. The van der Waals surface area contributed by atoms with Crippen molar-refractivity contribution < 1.29 is 14.9 Å². The predicted octanol–water partition coefficient (Wildman–Crippen LogP) is -0.0860. The third kappa shape index (κ3) is 1.85. The third-order valence-electron chi connectivity index (χ3n) is 3.53. The van der Waals surface area contributed by atoms with Crippen LogP contribution in [0.3, 0.4) is 0 Å². The Morgan fingerprint density at radius 2 is 2.22 bits per heavy atom. The highest BCUT2D eigenvalue weighted by atomic mass is 32.1. The number of aliphatic hydroxyl groups is 2. The lowest BCUT2D eigenvalue weighted by molar-refractivity contribution is 0.0378. The number of aliphatic hydroxyl groups excluding tert-OH is 2. The van der Waals surface area contributed by atoms with Crippen LogP contribution in [0.5, 0.6) is 0 Å². The Balaban J connectivity index is 2.42. The summed E-state index contributed by atoms with van der Waals surface area (Å²) in [6.45, 7) is 7.32. The molecule has 1 unspecified atom stereocenters. The summed E-state index contributed by atoms with van der Waals surface area (Å²) in [5, 5.41) is 19.2. The van der Waals surface area contributed by atoms with Crippen molar-refractivity contribution >= 4 is 27.6 Å². The van der Waals surface area contributed by atoms with Gasteiger partial charge in [-0.3, -0.25) is 14.6 Å². The molecule has 1 aliphatic rings. The second-order valence-corrected chi connectivity index (χ2v) is 5.73. The standard InChI is InChI=1S/C13H12N4O5S/c1-3-13(5(2)7(19)6(4-18)22-13)17-9-8(23-12(17)21)10(20)16-11(14)15-9/h3-4,7,18-19H,1-2H2,(H3,14,15,16,20)/b6-4+/t7-,13?/m0/s1. The number of H-pyrrole nitrogens is 1. The monoisotopic (exact) mass is 336 g/mol. The molecule has 3 heterocycles. The van der Waals surface area contributed by atoms with Gasteiger partial charge in [-0.05, 0) is 6.08 Å². The Labute approximate surface area is 132 Å². The number of nitrogens with zero attached hydrogens (tertiary/aromatic N) is 2. The van der Waals surface area contributed by atoms with Gasteiger partial charge in [-0.15, -0.1) is 0 Å². The van der Waals surface area contributed by atoms with E-state index in [1.54, 1.807) is 0 Å². The van der Waals surface area contributed by atoms with Gasteiger partial charge in [-0.1, -0.05) is 24.5 Å². The summed E-state index contributed by atoms with van der Waals surface area (Å²) in [5.41, 5.74) is 3.27. The molecule has 0 amide bonds. The van der Waals surface area contributed by atoms with Crippen LogP contribution >= 0.6 is 11.3 Å². The maximum Gasteiger partial charge on any atom is 0.313 e. The van der Waals surface area contributed by atoms with Gasteiger partial charge in [0.05, 0.1) is 0 Å². The van der Waals surface area contributed by atoms with Gasteiger partial charge in [0.15, 0.2) is 11.4 Å². The Kier molecular flexibility index (Phi) is 3.16. The molecule has 0 radical (unpaired) electrons. The number of ether oxygens (including phenoxy) is 1. The molecule has 2 aromatic heterocycles. The minimum Gasteiger partial charge on any atom is -0.512 e. The molecule has 5 N–H and O–H groups in total. The first kappa shape index (κ1) is 15.1. The second kappa shape index (κ2) is 4.83. The van der Waals surface area contributed by atoms with E-state index in [1.165, 1.54) is 6.08 Å². The van der Waals surface area contributed by atoms with E-state index in [-0.39, 0.29) is 27.6 Å². The van der Waals surface area contributed by atoms with Gasteiger partial charge in [0, 0.05) is 5.57 Å². The van der Waals surface area contributed by atoms with Crippen molar-refractivity contribution in [2.75, 3.05) is 5.73 Å². The van der Waals surface area contributed by atoms with E-state index in [1.807, 2.05) is 0 Å². The molecule has 9 nitrogen and oxygen atoms in total. The summed E-state index contributed by atoms with van der Waals surface area (Å²) >= 11 is 0.640. The van der Waals surface area contributed by atoms with Crippen LogP contribution in [0.25, 0.3) is 10.3 Å². The first-order chi connectivity index (χ1) is 10.9. The zero-order chi connectivity index (χ0) is 16.9. The Hall–Kier alpha value is -2.85. The smallest absolute Gasteiger partial charge is 0.313 e. The Morgan fingerprint density at radius 3 is 2.78 bits per heavy atom. The zero-order valence-electron chi connectivity index (χ0n) is 11.6. The SMILES string of the molecule is C=CC1(n2c(=O)sc3c(=O)[nH]c(N)nc32)O/C(=C/O)[C@@H](O)C1=C. The molecule has 10 heteroatoms. The number of nitrogens with two attached hydrogens (primary N) is 1. The van der Waals surface area contributed by atoms with Crippen LogP contribution in [-0.4, -0.2) is 30.9 Å². The first-order valence-corrected chi connectivity index (χ1v) is 7.13. The number of hydrogen-bond acceptors (Lipinski definition) is 8. The number of nitrogen functional groups attached to an aromatic ring is 1. The summed E-state index contributed by atoms with van der Waals surface area (Å²) in [6.07, 6.45) is 0.441. The van der Waals surface area contributed by atoms with Crippen LogP contribution in [0.15, 0.2) is 46.4 Å². The number of aromatic nitrogens is 3. The fraction of sp³-hybridized carbons (Fsp3) is 0.154. The largest absolute Gasteiger partial charge is 0.512 e. The fourth-order valence-electron chi connectivity index (χ4n) is 2.44. The molecule has 2 atom stereocenters. The van der Waals surface area contributed by atoms with Crippen LogP contribution in [-0.2, 0) is 10.5 Å². The maximum atomic E-state index is 12.4. The van der Waals surface area contributed by atoms with Gasteiger partial charge in [0.25, 0.3) is 5.56 Å². The van der Waals surface area contributed by atoms with E-state index in [0.29, 0.717) is 17.6 Å². The molecule has 1 fully saturated rings. The Morgan fingerprint density at radius 1 is 1.52 bits per heavy atom. The summed E-state index contributed by atoms with van der Waals surface area (Å²) in [7, 11) is 0. The average Bonchev–Trinajstić information content (AvgIpc) is 2.96. The summed E-state index contributed by atoms with van der Waals surface area (Å²) in [5.74, 6) is -0.394. The van der Waals surface area contributed by atoms with E-state index in [0.717, 1.165) is 4.57 Å². The van der Waals surface area contributed by atoms with E-state index < -0.39 is 22.3 Å². The van der Waals surface area contributed by atoms with Crippen LogP contribution in [0.2, 0.25) is 0 Å². The number of rotatable bonds is 2. The molecule has 0 spiro atoms. The van der Waals surface area contributed by atoms with E-state index in [9.17, 15) is 14.7 Å². The van der Waals surface area contributed by atoms with Crippen LogP contribution in [0.1, 0.15) is 0 Å². The van der Waals surface area contributed by atoms with Crippen molar-refractivity contribution in [2.45, 2.75) is 11.8 Å². The molecular weight excluding hydrogens is 324 g/mol. The molecule has 0 aromatic carbocycles. The number of anilines is 1. The van der Waals surface area contributed by atoms with Crippen LogP contribution in [0.4, 0.5) is 5.95 Å². The highest BCUT2D eigenvalue weighted by Gasteiger charge is 2.49. The fourth-order valence-corrected chi connectivity index (χ4v) is 3.30. The van der Waals surface area contributed by atoms with Crippen molar-refractivity contribution in [1.29, 1.82) is 0 Å². The molecular formula is C13H12N4O5S. The summed E-state index contributed by atoms with van der Waals surface area (Å²) < 4.78 is 6.57. The summed E-state index contributed by atoms with van der Waals surface area (Å²) in [6, 6.07) is 0. The lowest BCUT2D eigenvalue weighted by Gasteiger charge is -2.26. The van der Waals surface area contributed by atoms with Gasteiger partial charge in [0.2, 0.25) is 11.7 Å². The molecule has 0 saturated carbocycles. The van der Waals surface area contributed by atoms with Crippen molar-refractivity contribution in [1.82, 2.24) is 14.5 Å². The van der Waals surface area contributed by atoms with Crippen molar-refractivity contribution in [2.24, 2.45) is 0 Å². The molecule has 0 aliphatic carbocycles. The molecule has 2 aromatic rings. The molecule has 3 rings (SSSR count). The van der Waals surface area contributed by atoms with Crippen LogP contribution < -0.4 is 16.2 Å². The number of aromatic amines is 1. The van der Waals surface area contributed by atoms with Gasteiger partial charge < -0.3 is 20.7 Å². The van der Waals surface area contributed by atoms with E-state index in [4.69, 9.17) is 15.6 Å². The zero-order valence-corrected chi connectivity index (χ0v) is 12.5.